The van der Waals surface area contributed by atoms with Crippen LogP contribution in [0.15, 0.2) is 36.7 Å². The fraction of sp³-hybridized carbons (Fsp3) is 0.182. The molecule has 0 aliphatic rings. The molecule has 0 aliphatic heterocycles. The monoisotopic (exact) mass is 188 g/mol. The zero-order valence-electron chi connectivity index (χ0n) is 7.94. The highest BCUT2D eigenvalue weighted by Crippen LogP contribution is 2.17. The number of H-pyrrole nitrogens is 1. The highest BCUT2D eigenvalue weighted by atomic mass is 16.3. The maximum Gasteiger partial charge on any atom is 0.136 e. The van der Waals surface area contributed by atoms with Gasteiger partial charge in [-0.2, -0.15) is 0 Å². The molecule has 0 aromatic carbocycles. The second-order valence-corrected chi connectivity index (χ2v) is 3.29. The lowest BCUT2D eigenvalue weighted by Crippen LogP contribution is -2.02. The normalized spacial score (nSPS) is 12.7. The Hall–Kier alpha value is -1.61. The van der Waals surface area contributed by atoms with Gasteiger partial charge in [0.05, 0.1) is 11.4 Å². The maximum absolute atomic E-state index is 9.88. The minimum atomic E-state index is -0.661. The SMILES string of the molecule is Cc1ccc(C(O)c2ccc[nH]2)nc1. The fourth-order valence-corrected chi connectivity index (χ4v) is 1.31. The van der Waals surface area contributed by atoms with Crippen molar-refractivity contribution >= 4 is 0 Å². The molecule has 3 heteroatoms. The average Bonchev–Trinajstić information content (AvgIpc) is 2.71. The van der Waals surface area contributed by atoms with E-state index in [1.54, 1.807) is 12.4 Å². The summed E-state index contributed by atoms with van der Waals surface area (Å²) in [6.07, 6.45) is 2.87. The Kier molecular flexibility index (Phi) is 2.33. The molecule has 2 heterocycles. The first-order valence-corrected chi connectivity index (χ1v) is 4.51. The van der Waals surface area contributed by atoms with Gasteiger partial charge in [-0.1, -0.05) is 6.07 Å². The van der Waals surface area contributed by atoms with E-state index >= 15 is 0 Å². The predicted molar refractivity (Wildman–Crippen MR) is 53.8 cm³/mol. The van der Waals surface area contributed by atoms with Crippen LogP contribution in [0.1, 0.15) is 23.1 Å². The van der Waals surface area contributed by atoms with E-state index in [1.165, 1.54) is 0 Å². The molecule has 2 aromatic rings. The highest BCUT2D eigenvalue weighted by molar-refractivity contribution is 5.21. The van der Waals surface area contributed by atoms with E-state index in [9.17, 15) is 5.11 Å². The van der Waals surface area contributed by atoms with Gasteiger partial charge in [-0.15, -0.1) is 0 Å². The smallest absolute Gasteiger partial charge is 0.136 e. The predicted octanol–water partition coefficient (Wildman–Crippen LogP) is 1.80. The molecule has 2 N–H and O–H groups in total. The number of aromatic amines is 1. The number of rotatable bonds is 2. The first-order chi connectivity index (χ1) is 6.77. The topological polar surface area (TPSA) is 48.9 Å². The van der Waals surface area contributed by atoms with Gasteiger partial charge in [0.2, 0.25) is 0 Å². The Morgan fingerprint density at radius 3 is 2.79 bits per heavy atom. The van der Waals surface area contributed by atoms with Gasteiger partial charge in [-0.3, -0.25) is 4.98 Å². The average molecular weight is 188 g/mol. The van der Waals surface area contributed by atoms with Crippen LogP contribution in [0.2, 0.25) is 0 Å². The third kappa shape index (κ3) is 1.67. The summed E-state index contributed by atoms with van der Waals surface area (Å²) < 4.78 is 0. The van der Waals surface area contributed by atoms with E-state index in [0.717, 1.165) is 11.3 Å². The summed E-state index contributed by atoms with van der Waals surface area (Å²) in [5.74, 6) is 0. The molecular weight excluding hydrogens is 176 g/mol. The Labute approximate surface area is 82.4 Å². The molecule has 2 aromatic heterocycles. The number of nitrogens with zero attached hydrogens (tertiary/aromatic N) is 1. The highest BCUT2D eigenvalue weighted by Gasteiger charge is 2.11. The van der Waals surface area contributed by atoms with Crippen molar-refractivity contribution in [2.24, 2.45) is 0 Å². The lowest BCUT2D eigenvalue weighted by Gasteiger charge is -2.07. The third-order valence-electron chi connectivity index (χ3n) is 2.13. The molecule has 0 amide bonds. The molecule has 0 fully saturated rings. The van der Waals surface area contributed by atoms with Gasteiger partial charge in [0.15, 0.2) is 0 Å². The first kappa shape index (κ1) is 8.97. The summed E-state index contributed by atoms with van der Waals surface area (Å²) in [6, 6.07) is 7.47. The summed E-state index contributed by atoms with van der Waals surface area (Å²) in [5, 5.41) is 9.88. The molecule has 0 bridgehead atoms. The summed E-state index contributed by atoms with van der Waals surface area (Å²) in [6.45, 7) is 1.97. The van der Waals surface area contributed by atoms with Crippen molar-refractivity contribution < 1.29 is 5.11 Å². The van der Waals surface area contributed by atoms with E-state index in [2.05, 4.69) is 9.97 Å². The van der Waals surface area contributed by atoms with Crippen LogP contribution in [-0.2, 0) is 0 Å². The van der Waals surface area contributed by atoms with Crippen molar-refractivity contribution in [1.29, 1.82) is 0 Å². The number of nitrogens with one attached hydrogen (secondary N) is 1. The zero-order valence-corrected chi connectivity index (χ0v) is 7.94. The first-order valence-electron chi connectivity index (χ1n) is 4.51. The number of aryl methyl sites for hydroxylation is 1. The van der Waals surface area contributed by atoms with Gasteiger partial charge in [-0.25, -0.2) is 0 Å². The van der Waals surface area contributed by atoms with Gasteiger partial charge < -0.3 is 10.1 Å². The Balaban J connectivity index is 2.28. The van der Waals surface area contributed by atoms with Crippen molar-refractivity contribution in [3.05, 3.63) is 53.6 Å². The van der Waals surface area contributed by atoms with Gasteiger partial charge in [0, 0.05) is 12.4 Å². The second kappa shape index (κ2) is 3.64. The van der Waals surface area contributed by atoms with E-state index in [4.69, 9.17) is 0 Å². The number of aliphatic hydroxyl groups excluding tert-OH is 1. The van der Waals surface area contributed by atoms with Crippen molar-refractivity contribution in [3.63, 3.8) is 0 Å². The van der Waals surface area contributed by atoms with E-state index < -0.39 is 6.10 Å². The van der Waals surface area contributed by atoms with E-state index in [-0.39, 0.29) is 0 Å². The van der Waals surface area contributed by atoms with Crippen LogP contribution in [0, 0.1) is 6.92 Å². The molecule has 0 saturated carbocycles. The van der Waals surface area contributed by atoms with Crippen LogP contribution >= 0.6 is 0 Å². The third-order valence-corrected chi connectivity index (χ3v) is 2.13. The molecule has 14 heavy (non-hydrogen) atoms. The van der Waals surface area contributed by atoms with Crippen LogP contribution in [-0.4, -0.2) is 15.1 Å². The van der Waals surface area contributed by atoms with E-state index in [1.807, 2.05) is 31.2 Å². The Bertz CT molecular complexity index is 392. The van der Waals surface area contributed by atoms with Crippen LogP contribution < -0.4 is 0 Å². The standard InChI is InChI=1S/C11H12N2O/c1-8-4-5-10(13-7-8)11(14)9-3-2-6-12-9/h2-7,11-12,14H,1H3. The van der Waals surface area contributed by atoms with Gasteiger partial charge in [-0.05, 0) is 30.7 Å². The maximum atomic E-state index is 9.88. The molecule has 1 unspecified atom stereocenters. The molecule has 2 rings (SSSR count). The van der Waals surface area contributed by atoms with Gasteiger partial charge in [0.25, 0.3) is 0 Å². The molecule has 0 radical (unpaired) electrons. The number of hydrogen-bond acceptors (Lipinski definition) is 2. The largest absolute Gasteiger partial charge is 0.381 e. The summed E-state index contributed by atoms with van der Waals surface area (Å²) in [7, 11) is 0. The van der Waals surface area contributed by atoms with Crippen molar-refractivity contribution in [3.8, 4) is 0 Å². The Morgan fingerprint density at radius 2 is 2.21 bits per heavy atom. The molecule has 0 aliphatic carbocycles. The number of aromatic nitrogens is 2. The van der Waals surface area contributed by atoms with Crippen molar-refractivity contribution in [1.82, 2.24) is 9.97 Å². The van der Waals surface area contributed by atoms with Crippen LogP contribution in [0.5, 0.6) is 0 Å². The zero-order chi connectivity index (χ0) is 9.97. The second-order valence-electron chi connectivity index (χ2n) is 3.29. The molecule has 72 valence electrons. The quantitative estimate of drug-likeness (QED) is 0.755. The summed E-state index contributed by atoms with van der Waals surface area (Å²) in [4.78, 5) is 7.12. The molecule has 1 atom stereocenters. The fourth-order valence-electron chi connectivity index (χ4n) is 1.31. The Morgan fingerprint density at radius 1 is 1.36 bits per heavy atom. The lowest BCUT2D eigenvalue weighted by atomic mass is 10.1. The van der Waals surface area contributed by atoms with Crippen LogP contribution in [0.3, 0.4) is 0 Å². The number of aliphatic hydroxyl groups is 1. The van der Waals surface area contributed by atoms with Gasteiger partial charge in [0.1, 0.15) is 6.10 Å². The van der Waals surface area contributed by atoms with Crippen LogP contribution in [0.4, 0.5) is 0 Å². The summed E-state index contributed by atoms with van der Waals surface area (Å²) >= 11 is 0. The minimum absolute atomic E-state index is 0.661. The molecule has 0 saturated heterocycles. The van der Waals surface area contributed by atoms with Crippen molar-refractivity contribution in [2.45, 2.75) is 13.0 Å². The number of pyridine rings is 1. The van der Waals surface area contributed by atoms with Gasteiger partial charge >= 0.3 is 0 Å². The van der Waals surface area contributed by atoms with Crippen LogP contribution in [0.25, 0.3) is 0 Å². The molecular formula is C11H12N2O. The van der Waals surface area contributed by atoms with Crippen molar-refractivity contribution in [2.75, 3.05) is 0 Å². The minimum Gasteiger partial charge on any atom is -0.381 e. The lowest BCUT2D eigenvalue weighted by molar-refractivity contribution is 0.211. The molecule has 0 spiro atoms. The number of hydrogen-bond donors (Lipinski definition) is 2. The van der Waals surface area contributed by atoms with E-state index in [0.29, 0.717) is 5.69 Å². The molecule has 3 nitrogen and oxygen atoms in total. The summed E-state index contributed by atoms with van der Waals surface area (Å²) in [5.41, 5.74) is 2.52.